The zero-order chi connectivity index (χ0) is 24.0. The van der Waals surface area contributed by atoms with Gasteiger partial charge in [0.2, 0.25) is 0 Å². The standard InChI is InChI=1S/C27H25IN2O3/c1-17-5-9-23(10-6-17)30-27(31)22(15-29)12-21-13-24(28)26(25(14-21)32-4)33-16-20-8-7-18(2)19(3)11-20/h5-14H,16H2,1-4H3,(H,30,31)/b22-12+. The molecule has 6 heteroatoms. The van der Waals surface area contributed by atoms with Gasteiger partial charge in [0.25, 0.3) is 5.91 Å². The number of nitrogens with one attached hydrogen (secondary N) is 1. The molecule has 0 unspecified atom stereocenters. The first-order valence-electron chi connectivity index (χ1n) is 10.4. The fraction of sp³-hybridized carbons (Fsp3) is 0.185. The highest BCUT2D eigenvalue weighted by Crippen LogP contribution is 2.35. The molecule has 0 aliphatic carbocycles. The number of amides is 1. The van der Waals surface area contributed by atoms with Crippen LogP contribution in [0.1, 0.15) is 27.8 Å². The monoisotopic (exact) mass is 552 g/mol. The van der Waals surface area contributed by atoms with Gasteiger partial charge in [-0.3, -0.25) is 4.79 Å². The van der Waals surface area contributed by atoms with Crippen molar-refractivity contribution >= 4 is 40.3 Å². The van der Waals surface area contributed by atoms with Crippen LogP contribution in [0.4, 0.5) is 5.69 Å². The molecule has 3 aromatic carbocycles. The van der Waals surface area contributed by atoms with Crippen LogP contribution in [-0.4, -0.2) is 13.0 Å². The Balaban J connectivity index is 1.81. The van der Waals surface area contributed by atoms with E-state index in [0.29, 0.717) is 29.4 Å². The number of halogens is 1. The minimum absolute atomic E-state index is 0.00257. The first-order chi connectivity index (χ1) is 15.8. The molecule has 0 atom stereocenters. The molecule has 0 radical (unpaired) electrons. The van der Waals surface area contributed by atoms with E-state index in [0.717, 1.165) is 14.7 Å². The number of anilines is 1. The van der Waals surface area contributed by atoms with Gasteiger partial charge in [-0.2, -0.15) is 5.26 Å². The Morgan fingerprint density at radius 1 is 1.06 bits per heavy atom. The number of benzene rings is 3. The molecule has 33 heavy (non-hydrogen) atoms. The van der Waals surface area contributed by atoms with E-state index in [9.17, 15) is 10.1 Å². The summed E-state index contributed by atoms with van der Waals surface area (Å²) in [4.78, 5) is 12.6. The SMILES string of the molecule is COc1cc(/C=C(\C#N)C(=O)Nc2ccc(C)cc2)cc(I)c1OCc1ccc(C)c(C)c1. The summed E-state index contributed by atoms with van der Waals surface area (Å²) in [5.41, 5.74) is 5.91. The number of nitriles is 1. The van der Waals surface area contributed by atoms with Gasteiger partial charge in [0.1, 0.15) is 18.2 Å². The summed E-state index contributed by atoms with van der Waals surface area (Å²) in [6, 6.07) is 19.2. The lowest BCUT2D eigenvalue weighted by atomic mass is 10.1. The van der Waals surface area contributed by atoms with E-state index in [4.69, 9.17) is 9.47 Å². The highest BCUT2D eigenvalue weighted by atomic mass is 127. The number of rotatable bonds is 7. The molecule has 0 aromatic heterocycles. The lowest BCUT2D eigenvalue weighted by Crippen LogP contribution is -2.13. The predicted molar refractivity (Wildman–Crippen MR) is 139 cm³/mol. The lowest BCUT2D eigenvalue weighted by Gasteiger charge is -2.14. The van der Waals surface area contributed by atoms with Gasteiger partial charge in [0, 0.05) is 5.69 Å². The van der Waals surface area contributed by atoms with E-state index >= 15 is 0 Å². The summed E-state index contributed by atoms with van der Waals surface area (Å²) in [6.07, 6.45) is 1.54. The van der Waals surface area contributed by atoms with Crippen LogP contribution in [0.15, 0.2) is 60.2 Å². The van der Waals surface area contributed by atoms with Crippen molar-refractivity contribution in [1.82, 2.24) is 0 Å². The summed E-state index contributed by atoms with van der Waals surface area (Å²) < 4.78 is 12.4. The van der Waals surface area contributed by atoms with E-state index in [2.05, 4.69) is 53.9 Å². The maximum absolute atomic E-state index is 12.6. The predicted octanol–water partition coefficient (Wildman–Crippen LogP) is 6.35. The van der Waals surface area contributed by atoms with Gasteiger partial charge < -0.3 is 14.8 Å². The zero-order valence-corrected chi connectivity index (χ0v) is 21.2. The van der Waals surface area contributed by atoms with Gasteiger partial charge in [-0.05, 0) is 96.0 Å². The van der Waals surface area contributed by atoms with E-state index < -0.39 is 5.91 Å². The Labute approximate surface area is 208 Å². The van der Waals surface area contributed by atoms with Crippen LogP contribution in [0.25, 0.3) is 6.08 Å². The van der Waals surface area contributed by atoms with Crippen molar-refractivity contribution in [3.05, 3.63) is 91.6 Å². The molecule has 0 aliphatic rings. The van der Waals surface area contributed by atoms with E-state index in [1.54, 1.807) is 31.4 Å². The molecule has 5 nitrogen and oxygen atoms in total. The largest absolute Gasteiger partial charge is 0.493 e. The Morgan fingerprint density at radius 3 is 2.42 bits per heavy atom. The van der Waals surface area contributed by atoms with Crippen LogP contribution < -0.4 is 14.8 Å². The molecule has 0 fully saturated rings. The number of carbonyl (C=O) groups is 1. The second kappa shape index (κ2) is 11.0. The first kappa shape index (κ1) is 24.3. The fourth-order valence-electron chi connectivity index (χ4n) is 3.16. The number of methoxy groups -OCH3 is 1. The highest BCUT2D eigenvalue weighted by Gasteiger charge is 2.14. The normalized spacial score (nSPS) is 11.0. The maximum atomic E-state index is 12.6. The van der Waals surface area contributed by atoms with Gasteiger partial charge >= 0.3 is 0 Å². The number of hydrogen-bond acceptors (Lipinski definition) is 4. The number of hydrogen-bond donors (Lipinski definition) is 1. The maximum Gasteiger partial charge on any atom is 0.266 e. The van der Waals surface area contributed by atoms with Crippen LogP contribution in [0.3, 0.4) is 0 Å². The van der Waals surface area contributed by atoms with Crippen molar-refractivity contribution in [3.63, 3.8) is 0 Å². The average molecular weight is 552 g/mol. The Hall–Kier alpha value is -3.31. The minimum atomic E-state index is -0.467. The molecule has 0 saturated carbocycles. The molecule has 1 amide bonds. The topological polar surface area (TPSA) is 71.3 Å². The molecule has 3 rings (SSSR count). The molecule has 0 heterocycles. The number of ether oxygens (including phenoxy) is 2. The molecule has 3 aromatic rings. The molecular weight excluding hydrogens is 527 g/mol. The Bertz CT molecular complexity index is 1240. The summed E-state index contributed by atoms with van der Waals surface area (Å²) in [7, 11) is 1.57. The van der Waals surface area contributed by atoms with E-state index in [1.807, 2.05) is 37.3 Å². The average Bonchev–Trinajstić information content (AvgIpc) is 2.80. The molecular formula is C27H25IN2O3. The van der Waals surface area contributed by atoms with Gasteiger partial charge in [0.15, 0.2) is 11.5 Å². The lowest BCUT2D eigenvalue weighted by molar-refractivity contribution is -0.112. The zero-order valence-electron chi connectivity index (χ0n) is 19.0. The highest BCUT2D eigenvalue weighted by molar-refractivity contribution is 14.1. The molecule has 0 spiro atoms. The Kier molecular flexibility index (Phi) is 8.12. The summed E-state index contributed by atoms with van der Waals surface area (Å²) in [6.45, 7) is 6.53. The van der Waals surface area contributed by atoms with Crippen LogP contribution in [0, 0.1) is 35.7 Å². The van der Waals surface area contributed by atoms with Crippen LogP contribution >= 0.6 is 22.6 Å². The van der Waals surface area contributed by atoms with Crippen molar-refractivity contribution < 1.29 is 14.3 Å². The summed E-state index contributed by atoms with van der Waals surface area (Å²) >= 11 is 2.17. The second-order valence-electron chi connectivity index (χ2n) is 7.73. The fourth-order valence-corrected chi connectivity index (χ4v) is 3.94. The van der Waals surface area contributed by atoms with Gasteiger partial charge in [-0.1, -0.05) is 35.9 Å². The van der Waals surface area contributed by atoms with E-state index in [-0.39, 0.29) is 5.57 Å². The van der Waals surface area contributed by atoms with Gasteiger partial charge in [-0.25, -0.2) is 0 Å². The Morgan fingerprint density at radius 2 is 1.79 bits per heavy atom. The summed E-state index contributed by atoms with van der Waals surface area (Å²) in [5, 5.41) is 12.3. The second-order valence-corrected chi connectivity index (χ2v) is 8.89. The van der Waals surface area contributed by atoms with Crippen molar-refractivity contribution in [1.29, 1.82) is 5.26 Å². The van der Waals surface area contributed by atoms with Crippen molar-refractivity contribution in [2.24, 2.45) is 0 Å². The smallest absolute Gasteiger partial charge is 0.266 e. The third kappa shape index (κ3) is 6.36. The van der Waals surface area contributed by atoms with Crippen molar-refractivity contribution in [2.75, 3.05) is 12.4 Å². The third-order valence-electron chi connectivity index (χ3n) is 5.19. The first-order valence-corrected chi connectivity index (χ1v) is 11.4. The van der Waals surface area contributed by atoms with Crippen molar-refractivity contribution in [2.45, 2.75) is 27.4 Å². The molecule has 168 valence electrons. The van der Waals surface area contributed by atoms with E-state index in [1.165, 1.54) is 11.1 Å². The third-order valence-corrected chi connectivity index (χ3v) is 5.99. The number of nitrogens with zero attached hydrogens (tertiary/aromatic N) is 1. The van der Waals surface area contributed by atoms with Gasteiger partial charge in [-0.15, -0.1) is 0 Å². The molecule has 0 bridgehead atoms. The molecule has 1 N–H and O–H groups in total. The van der Waals surface area contributed by atoms with Gasteiger partial charge in [0.05, 0.1) is 10.7 Å². The minimum Gasteiger partial charge on any atom is -0.493 e. The number of aryl methyl sites for hydroxylation is 3. The van der Waals surface area contributed by atoms with Crippen LogP contribution in [0.2, 0.25) is 0 Å². The van der Waals surface area contributed by atoms with Crippen LogP contribution in [0.5, 0.6) is 11.5 Å². The molecule has 0 aliphatic heterocycles. The summed E-state index contributed by atoms with van der Waals surface area (Å²) in [5.74, 6) is 0.690. The van der Waals surface area contributed by atoms with Crippen molar-refractivity contribution in [3.8, 4) is 17.6 Å². The number of carbonyl (C=O) groups excluding carboxylic acids is 1. The quantitative estimate of drug-likeness (QED) is 0.211. The van der Waals surface area contributed by atoms with Crippen LogP contribution in [-0.2, 0) is 11.4 Å². The molecule has 0 saturated heterocycles.